The average Bonchev–Trinajstić information content (AvgIpc) is 2.96. The molecule has 2 aromatic rings. The number of fused-ring (bicyclic) bond motifs is 1. The lowest BCUT2D eigenvalue weighted by molar-refractivity contribution is -0.192. The molecule has 2 heterocycles. The monoisotopic (exact) mass is 610 g/mol. The van der Waals surface area contributed by atoms with Gasteiger partial charge in [-0.2, -0.15) is 13.2 Å². The van der Waals surface area contributed by atoms with Crippen LogP contribution in [0, 0.1) is 11.8 Å². The minimum Gasteiger partial charge on any atom is -0.489 e. The van der Waals surface area contributed by atoms with Gasteiger partial charge < -0.3 is 20.1 Å². The fraction of sp³-hybridized carbons (Fsp3) is 0.533. The van der Waals surface area contributed by atoms with Crippen molar-refractivity contribution in [2.45, 2.75) is 68.5 Å². The van der Waals surface area contributed by atoms with E-state index in [1.165, 1.54) is 38.4 Å². The highest BCUT2D eigenvalue weighted by atomic mass is 32.2. The SMILES string of the molecule is CS(=O)(=O)c1ccc(-c2ccc3c(c2)OCC(C2CCN(C(=O)CC4CCCCC4)CC2)N3)cc1.O=C(O)C(F)(F)F. The third kappa shape index (κ3) is 8.39. The number of carbonyl (C=O) groups is 2. The molecule has 0 radical (unpaired) electrons. The van der Waals surface area contributed by atoms with Gasteiger partial charge in [0.05, 0.1) is 16.6 Å². The highest BCUT2D eigenvalue weighted by Crippen LogP contribution is 2.37. The van der Waals surface area contributed by atoms with Crippen LogP contribution in [0.3, 0.4) is 0 Å². The molecule has 2 aromatic carbocycles. The standard InChI is InChI=1S/C28H36N2O4S.C2HF3O2/c1-35(32,33)24-10-7-21(8-11-24)23-9-12-25-27(18-23)34-19-26(29-25)22-13-15-30(16-14-22)28(31)17-20-5-3-2-4-6-20;3-2(4,5)1(6)7/h7-12,18,20,22,26,29H,2-6,13-17,19H2,1H3;(H,6,7). The molecule has 1 saturated carbocycles. The summed E-state index contributed by atoms with van der Waals surface area (Å²) < 4.78 is 61.3. The summed E-state index contributed by atoms with van der Waals surface area (Å²) in [5, 5.41) is 10.8. The number of carboxylic acid groups (broad SMARTS) is 1. The molecule has 5 rings (SSSR count). The van der Waals surface area contributed by atoms with Crippen molar-refractivity contribution in [1.29, 1.82) is 0 Å². The van der Waals surface area contributed by atoms with Crippen molar-refractivity contribution in [3.05, 3.63) is 42.5 Å². The Bertz CT molecular complexity index is 1350. The quantitative estimate of drug-likeness (QED) is 0.442. The number of aliphatic carboxylic acids is 1. The molecule has 1 unspecified atom stereocenters. The Morgan fingerprint density at radius 1 is 0.976 bits per heavy atom. The lowest BCUT2D eigenvalue weighted by Crippen LogP contribution is -2.46. The van der Waals surface area contributed by atoms with Gasteiger partial charge in [-0.1, -0.05) is 37.5 Å². The Morgan fingerprint density at radius 2 is 1.57 bits per heavy atom. The lowest BCUT2D eigenvalue weighted by atomic mass is 9.85. The van der Waals surface area contributed by atoms with Gasteiger partial charge in [-0.3, -0.25) is 4.79 Å². The number of benzene rings is 2. The number of likely N-dealkylation sites (tertiary alicyclic amines) is 1. The van der Waals surface area contributed by atoms with Gasteiger partial charge in [0.25, 0.3) is 0 Å². The molecule has 2 N–H and O–H groups in total. The highest BCUT2D eigenvalue weighted by molar-refractivity contribution is 7.90. The van der Waals surface area contributed by atoms with Crippen LogP contribution in [0.1, 0.15) is 51.4 Å². The molecular weight excluding hydrogens is 573 g/mol. The molecule has 8 nitrogen and oxygen atoms in total. The van der Waals surface area contributed by atoms with E-state index in [0.717, 1.165) is 54.9 Å². The summed E-state index contributed by atoms with van der Waals surface area (Å²) in [6.45, 7) is 2.32. The molecule has 2 fully saturated rings. The van der Waals surface area contributed by atoms with E-state index in [4.69, 9.17) is 14.6 Å². The van der Waals surface area contributed by atoms with Crippen molar-refractivity contribution in [2.24, 2.45) is 11.8 Å². The van der Waals surface area contributed by atoms with Gasteiger partial charge in [-0.05, 0) is 72.9 Å². The van der Waals surface area contributed by atoms with Crippen LogP contribution < -0.4 is 10.1 Å². The maximum Gasteiger partial charge on any atom is 0.490 e. The number of anilines is 1. The van der Waals surface area contributed by atoms with Crippen LogP contribution in [0.4, 0.5) is 18.9 Å². The number of halogens is 3. The third-order valence-electron chi connectivity index (χ3n) is 8.25. The molecule has 3 aliphatic rings. The number of nitrogens with zero attached hydrogens (tertiary/aromatic N) is 1. The van der Waals surface area contributed by atoms with E-state index in [0.29, 0.717) is 29.2 Å². The second kappa shape index (κ2) is 13.4. The predicted molar refractivity (Wildman–Crippen MR) is 152 cm³/mol. The second-order valence-corrected chi connectivity index (χ2v) is 13.3. The van der Waals surface area contributed by atoms with Crippen LogP contribution in [-0.4, -0.2) is 68.5 Å². The summed E-state index contributed by atoms with van der Waals surface area (Å²) in [7, 11) is -3.20. The molecule has 1 amide bonds. The van der Waals surface area contributed by atoms with Gasteiger partial charge in [-0.25, -0.2) is 13.2 Å². The van der Waals surface area contributed by atoms with Crippen LogP contribution in [-0.2, 0) is 19.4 Å². The number of nitrogens with one attached hydrogen (secondary N) is 1. The molecule has 0 bridgehead atoms. The maximum absolute atomic E-state index is 12.8. The maximum atomic E-state index is 12.8. The number of carbonyl (C=O) groups excluding carboxylic acids is 1. The van der Waals surface area contributed by atoms with E-state index < -0.39 is 22.0 Å². The number of hydrogen-bond donors (Lipinski definition) is 2. The number of amides is 1. The zero-order chi connectivity index (χ0) is 30.5. The molecule has 230 valence electrons. The van der Waals surface area contributed by atoms with Crippen LogP contribution in [0.15, 0.2) is 47.4 Å². The van der Waals surface area contributed by atoms with Crippen molar-refractivity contribution in [2.75, 3.05) is 31.3 Å². The van der Waals surface area contributed by atoms with E-state index in [-0.39, 0.29) is 6.04 Å². The molecule has 1 atom stereocenters. The summed E-state index contributed by atoms with van der Waals surface area (Å²) in [5.74, 6) is -0.490. The largest absolute Gasteiger partial charge is 0.490 e. The summed E-state index contributed by atoms with van der Waals surface area (Å²) >= 11 is 0. The fourth-order valence-electron chi connectivity index (χ4n) is 5.83. The summed E-state index contributed by atoms with van der Waals surface area (Å²) in [5.41, 5.74) is 2.94. The number of hydrogen-bond acceptors (Lipinski definition) is 6. The smallest absolute Gasteiger partial charge is 0.489 e. The lowest BCUT2D eigenvalue weighted by Gasteiger charge is -2.39. The van der Waals surface area contributed by atoms with E-state index in [2.05, 4.69) is 10.2 Å². The predicted octanol–water partition coefficient (Wildman–Crippen LogP) is 5.77. The molecule has 1 saturated heterocycles. The number of sulfone groups is 1. The topological polar surface area (TPSA) is 113 Å². The second-order valence-electron chi connectivity index (χ2n) is 11.3. The molecular formula is C30H37F3N2O6S. The van der Waals surface area contributed by atoms with Gasteiger partial charge in [0.2, 0.25) is 5.91 Å². The number of carboxylic acids is 1. The van der Waals surface area contributed by atoms with Gasteiger partial charge in [-0.15, -0.1) is 0 Å². The van der Waals surface area contributed by atoms with E-state index in [1.807, 2.05) is 30.3 Å². The average molecular weight is 611 g/mol. The van der Waals surface area contributed by atoms with Gasteiger partial charge >= 0.3 is 12.1 Å². The Labute approximate surface area is 244 Å². The molecule has 2 aliphatic heterocycles. The number of alkyl halides is 3. The Hall–Kier alpha value is -3.28. The van der Waals surface area contributed by atoms with Gasteiger partial charge in [0.15, 0.2) is 9.84 Å². The molecule has 0 aromatic heterocycles. The van der Waals surface area contributed by atoms with Crippen molar-refractivity contribution >= 4 is 27.4 Å². The Kier molecular flexibility index (Phi) is 10.1. The zero-order valence-electron chi connectivity index (χ0n) is 23.5. The van der Waals surface area contributed by atoms with E-state index >= 15 is 0 Å². The van der Waals surface area contributed by atoms with Crippen LogP contribution in [0.2, 0.25) is 0 Å². The van der Waals surface area contributed by atoms with E-state index in [9.17, 15) is 26.4 Å². The zero-order valence-corrected chi connectivity index (χ0v) is 24.3. The number of piperidine rings is 1. The van der Waals surface area contributed by atoms with E-state index in [1.54, 1.807) is 12.1 Å². The summed E-state index contributed by atoms with van der Waals surface area (Å²) in [4.78, 5) is 24.1. The fourth-order valence-corrected chi connectivity index (χ4v) is 6.46. The first kappa shape index (κ1) is 31.7. The van der Waals surface area contributed by atoms with Gasteiger partial charge in [0.1, 0.15) is 12.4 Å². The summed E-state index contributed by atoms with van der Waals surface area (Å²) in [6.07, 6.45) is 5.23. The van der Waals surface area contributed by atoms with Crippen molar-refractivity contribution in [3.63, 3.8) is 0 Å². The first-order valence-corrected chi connectivity index (χ1v) is 16.1. The Balaban J connectivity index is 0.000000517. The Morgan fingerprint density at radius 3 is 2.14 bits per heavy atom. The van der Waals surface area contributed by atoms with Crippen LogP contribution >= 0.6 is 0 Å². The third-order valence-corrected chi connectivity index (χ3v) is 9.38. The molecule has 1 aliphatic carbocycles. The minimum absolute atomic E-state index is 0.248. The first-order valence-electron chi connectivity index (χ1n) is 14.2. The number of rotatable bonds is 5. The molecule has 0 spiro atoms. The highest BCUT2D eigenvalue weighted by Gasteiger charge is 2.38. The normalized spacial score (nSPS) is 19.9. The first-order chi connectivity index (χ1) is 19.8. The minimum atomic E-state index is -5.08. The van der Waals surface area contributed by atoms with Crippen molar-refractivity contribution < 1.29 is 41.0 Å². The summed E-state index contributed by atoms with van der Waals surface area (Å²) in [6, 6.07) is 13.3. The number of ether oxygens (including phenoxy) is 1. The molecule has 12 heteroatoms. The van der Waals surface area contributed by atoms with Crippen molar-refractivity contribution in [3.8, 4) is 16.9 Å². The van der Waals surface area contributed by atoms with Gasteiger partial charge in [0, 0.05) is 25.8 Å². The molecule has 42 heavy (non-hydrogen) atoms. The van der Waals surface area contributed by atoms with Crippen LogP contribution in [0.5, 0.6) is 5.75 Å². The van der Waals surface area contributed by atoms with Crippen LogP contribution in [0.25, 0.3) is 11.1 Å². The van der Waals surface area contributed by atoms with Crippen molar-refractivity contribution in [1.82, 2.24) is 4.90 Å².